The molecule has 21 heavy (non-hydrogen) atoms. The van der Waals surface area contributed by atoms with Crippen LogP contribution in [0.15, 0.2) is 24.3 Å². The molecule has 4 nitrogen and oxygen atoms in total. The van der Waals surface area contributed by atoms with Crippen molar-refractivity contribution in [3.63, 3.8) is 0 Å². The van der Waals surface area contributed by atoms with Gasteiger partial charge in [-0.1, -0.05) is 45.7 Å². The molecule has 0 radical (unpaired) electrons. The van der Waals surface area contributed by atoms with Gasteiger partial charge in [0.25, 0.3) is 0 Å². The summed E-state index contributed by atoms with van der Waals surface area (Å²) in [5.74, 6) is -0.100. The van der Waals surface area contributed by atoms with Crippen molar-refractivity contribution in [2.45, 2.75) is 52.9 Å². The lowest BCUT2D eigenvalue weighted by atomic mass is 9.99. The van der Waals surface area contributed by atoms with Gasteiger partial charge in [-0.05, 0) is 25.0 Å². The number of para-hydroxylation sites is 2. The minimum atomic E-state index is -0.350. The summed E-state index contributed by atoms with van der Waals surface area (Å²) >= 11 is 0. The first-order chi connectivity index (χ1) is 10.1. The fourth-order valence-electron chi connectivity index (χ4n) is 2.08. The van der Waals surface area contributed by atoms with Crippen molar-refractivity contribution in [3.8, 4) is 11.5 Å². The molecule has 4 heteroatoms. The Balaban J connectivity index is 2.81. The lowest BCUT2D eigenvalue weighted by Crippen LogP contribution is -2.21. The second-order valence-corrected chi connectivity index (χ2v) is 4.97. The summed E-state index contributed by atoms with van der Waals surface area (Å²) in [6.07, 6.45) is 3.77. The van der Waals surface area contributed by atoms with Crippen LogP contribution in [0.2, 0.25) is 0 Å². The monoisotopic (exact) mass is 292 g/mol. The average Bonchev–Trinajstić information content (AvgIpc) is 2.48. The summed E-state index contributed by atoms with van der Waals surface area (Å²) in [6.45, 7) is 5.81. The largest absolute Gasteiger partial charge is 0.423 e. The van der Waals surface area contributed by atoms with Crippen LogP contribution >= 0.6 is 0 Å². The highest BCUT2D eigenvalue weighted by atomic mass is 16.6. The molecular formula is C17H24O4. The predicted octanol–water partition coefficient (Wildman–Crippen LogP) is 4.12. The maximum atomic E-state index is 12.2. The Hall–Kier alpha value is -1.84. The highest BCUT2D eigenvalue weighted by Crippen LogP contribution is 2.28. The summed E-state index contributed by atoms with van der Waals surface area (Å²) in [6, 6.07) is 6.77. The lowest BCUT2D eigenvalue weighted by Gasteiger charge is -2.15. The Morgan fingerprint density at radius 2 is 1.48 bits per heavy atom. The first-order valence-corrected chi connectivity index (χ1v) is 7.63. The molecule has 0 amide bonds. The molecule has 0 saturated heterocycles. The molecule has 0 N–H and O–H groups in total. The minimum absolute atomic E-state index is 0.102. The average molecular weight is 292 g/mol. The zero-order valence-electron chi connectivity index (χ0n) is 13.1. The van der Waals surface area contributed by atoms with Crippen LogP contribution in [-0.4, -0.2) is 11.9 Å². The molecule has 0 aliphatic heterocycles. The van der Waals surface area contributed by atoms with Gasteiger partial charge in [0.15, 0.2) is 11.5 Å². The van der Waals surface area contributed by atoms with Crippen LogP contribution in [0, 0.1) is 5.92 Å². The van der Waals surface area contributed by atoms with Gasteiger partial charge in [-0.2, -0.15) is 0 Å². The van der Waals surface area contributed by atoms with Crippen LogP contribution < -0.4 is 9.47 Å². The Morgan fingerprint density at radius 1 is 0.952 bits per heavy atom. The molecule has 0 aliphatic rings. The minimum Gasteiger partial charge on any atom is -0.423 e. The van der Waals surface area contributed by atoms with E-state index < -0.39 is 0 Å². The first kappa shape index (κ1) is 17.2. The Labute approximate surface area is 126 Å². The molecule has 0 spiro atoms. The van der Waals surface area contributed by atoms with Crippen molar-refractivity contribution >= 4 is 11.9 Å². The maximum absolute atomic E-state index is 12.2. The van der Waals surface area contributed by atoms with Crippen molar-refractivity contribution in [1.29, 1.82) is 0 Å². The molecule has 1 aromatic rings. The number of hydrogen-bond donors (Lipinski definition) is 0. The third kappa shape index (κ3) is 5.58. The Bertz CT molecular complexity index is 462. The highest BCUT2D eigenvalue weighted by molar-refractivity contribution is 5.77. The van der Waals surface area contributed by atoms with Crippen LogP contribution in [0.5, 0.6) is 11.5 Å². The fraction of sp³-hybridized carbons (Fsp3) is 0.529. The van der Waals surface area contributed by atoms with Crippen LogP contribution in [0.25, 0.3) is 0 Å². The van der Waals surface area contributed by atoms with Crippen molar-refractivity contribution in [1.82, 2.24) is 0 Å². The quantitative estimate of drug-likeness (QED) is 0.534. The molecule has 0 unspecified atom stereocenters. The van der Waals surface area contributed by atoms with E-state index in [0.29, 0.717) is 11.5 Å². The van der Waals surface area contributed by atoms with Gasteiger partial charge in [0.05, 0.1) is 5.92 Å². The van der Waals surface area contributed by atoms with Crippen LogP contribution in [0.4, 0.5) is 0 Å². The fourth-order valence-corrected chi connectivity index (χ4v) is 2.08. The molecule has 0 atom stereocenters. The highest BCUT2D eigenvalue weighted by Gasteiger charge is 2.20. The first-order valence-electron chi connectivity index (χ1n) is 7.63. The molecule has 0 saturated carbocycles. The standard InChI is InChI=1S/C17H24O4/c1-4-9-13(10-5-2)17(19)21-15-12-8-7-11-14(15)20-16(18)6-3/h7-8,11-13H,4-6,9-10H2,1-3H3. The summed E-state index contributed by atoms with van der Waals surface area (Å²) in [7, 11) is 0. The van der Waals surface area contributed by atoms with Gasteiger partial charge in [0.2, 0.25) is 0 Å². The molecular weight excluding hydrogens is 268 g/mol. The second-order valence-electron chi connectivity index (χ2n) is 4.97. The number of hydrogen-bond acceptors (Lipinski definition) is 4. The van der Waals surface area contributed by atoms with E-state index >= 15 is 0 Å². The molecule has 1 rings (SSSR count). The summed E-state index contributed by atoms with van der Waals surface area (Å²) in [4.78, 5) is 23.6. The second kappa shape index (κ2) is 9.16. The van der Waals surface area contributed by atoms with Gasteiger partial charge in [0.1, 0.15) is 0 Å². The number of carbonyl (C=O) groups is 2. The van der Waals surface area contributed by atoms with Gasteiger partial charge in [-0.25, -0.2) is 0 Å². The third-order valence-corrected chi connectivity index (χ3v) is 3.18. The van der Waals surface area contributed by atoms with Crippen molar-refractivity contribution in [2.75, 3.05) is 0 Å². The zero-order valence-corrected chi connectivity index (χ0v) is 13.1. The molecule has 0 aliphatic carbocycles. The molecule has 0 heterocycles. The van der Waals surface area contributed by atoms with E-state index in [9.17, 15) is 9.59 Å². The SMILES string of the molecule is CCCC(CCC)C(=O)Oc1ccccc1OC(=O)CC. The van der Waals surface area contributed by atoms with Crippen LogP contribution in [0.3, 0.4) is 0 Å². The van der Waals surface area contributed by atoms with Crippen molar-refractivity contribution in [3.05, 3.63) is 24.3 Å². The number of benzene rings is 1. The van der Waals surface area contributed by atoms with E-state index in [0.717, 1.165) is 25.7 Å². The van der Waals surface area contributed by atoms with Crippen molar-refractivity contribution < 1.29 is 19.1 Å². The lowest BCUT2D eigenvalue weighted by molar-refractivity contribution is -0.140. The number of esters is 2. The molecule has 0 bridgehead atoms. The maximum Gasteiger partial charge on any atom is 0.314 e. The summed E-state index contributed by atoms with van der Waals surface area (Å²) in [5, 5.41) is 0. The van der Waals surface area contributed by atoms with Gasteiger partial charge in [-0.3, -0.25) is 9.59 Å². The van der Waals surface area contributed by atoms with E-state index in [4.69, 9.17) is 9.47 Å². The van der Waals surface area contributed by atoms with Gasteiger partial charge in [0, 0.05) is 6.42 Å². The topological polar surface area (TPSA) is 52.6 Å². The van der Waals surface area contributed by atoms with E-state index in [1.54, 1.807) is 31.2 Å². The summed E-state index contributed by atoms with van der Waals surface area (Å²) in [5.41, 5.74) is 0. The number of ether oxygens (including phenoxy) is 2. The van der Waals surface area contributed by atoms with E-state index in [1.165, 1.54) is 0 Å². The predicted molar refractivity (Wildman–Crippen MR) is 81.3 cm³/mol. The molecule has 116 valence electrons. The van der Waals surface area contributed by atoms with Gasteiger partial charge < -0.3 is 9.47 Å². The van der Waals surface area contributed by atoms with E-state index in [1.807, 2.05) is 13.8 Å². The molecule has 0 aromatic heterocycles. The van der Waals surface area contributed by atoms with Gasteiger partial charge >= 0.3 is 11.9 Å². The normalized spacial score (nSPS) is 10.5. The Kier molecular flexibility index (Phi) is 7.51. The molecule has 1 aromatic carbocycles. The smallest absolute Gasteiger partial charge is 0.314 e. The van der Waals surface area contributed by atoms with E-state index in [-0.39, 0.29) is 24.3 Å². The summed E-state index contributed by atoms with van der Waals surface area (Å²) < 4.78 is 10.6. The molecule has 0 fully saturated rings. The number of carbonyl (C=O) groups excluding carboxylic acids is 2. The third-order valence-electron chi connectivity index (χ3n) is 3.18. The van der Waals surface area contributed by atoms with Gasteiger partial charge in [-0.15, -0.1) is 0 Å². The number of rotatable bonds is 8. The van der Waals surface area contributed by atoms with Crippen LogP contribution in [0.1, 0.15) is 52.9 Å². The van der Waals surface area contributed by atoms with Crippen molar-refractivity contribution in [2.24, 2.45) is 5.92 Å². The van der Waals surface area contributed by atoms with E-state index in [2.05, 4.69) is 0 Å². The zero-order chi connectivity index (χ0) is 15.7. The van der Waals surface area contributed by atoms with Crippen LogP contribution in [-0.2, 0) is 9.59 Å². The Morgan fingerprint density at radius 3 is 1.95 bits per heavy atom.